The number of pyridine rings is 1. The van der Waals surface area contributed by atoms with E-state index in [0.29, 0.717) is 53.3 Å². The number of benzene rings is 3. The van der Waals surface area contributed by atoms with E-state index in [1.54, 1.807) is 19.2 Å². The molecule has 3 aromatic carbocycles. The molecule has 226 valence electrons. The number of aldehydes is 1. The quantitative estimate of drug-likeness (QED) is 0.202. The van der Waals surface area contributed by atoms with Crippen molar-refractivity contribution in [3.63, 3.8) is 0 Å². The zero-order valence-electron chi connectivity index (χ0n) is 25.2. The topological polar surface area (TPSA) is 98.9 Å². The number of aliphatic hydroxyl groups is 1. The smallest absolute Gasteiger partial charge is 0.218 e. The highest BCUT2D eigenvalue weighted by atomic mass is 35.5. The minimum Gasteiger partial charge on any atom is -0.496 e. The van der Waals surface area contributed by atoms with Crippen molar-refractivity contribution in [3.05, 3.63) is 76.8 Å². The summed E-state index contributed by atoms with van der Waals surface area (Å²) < 4.78 is 18.5. The molecule has 1 aliphatic rings. The lowest BCUT2D eigenvalue weighted by Gasteiger charge is -2.44. The van der Waals surface area contributed by atoms with Crippen molar-refractivity contribution in [1.29, 1.82) is 0 Å². The van der Waals surface area contributed by atoms with Gasteiger partial charge in [0.05, 0.1) is 48.7 Å². The molecule has 0 bridgehead atoms. The Morgan fingerprint density at radius 1 is 0.955 bits per heavy atom. The normalized spacial score (nSPS) is 14.3. The maximum atomic E-state index is 11.7. The molecular formula is C34H33ClN4O5. The van der Waals surface area contributed by atoms with Crippen molar-refractivity contribution < 1.29 is 24.1 Å². The molecule has 1 saturated heterocycles. The number of para-hydroxylation sites is 1. The molecule has 0 amide bonds. The predicted octanol–water partition coefficient (Wildman–Crippen LogP) is 6.03. The van der Waals surface area contributed by atoms with E-state index in [4.69, 9.17) is 35.9 Å². The van der Waals surface area contributed by atoms with Crippen LogP contribution < -0.4 is 14.2 Å². The van der Waals surface area contributed by atoms with E-state index in [1.165, 1.54) is 14.2 Å². The number of hydrogen-bond donors (Lipinski definition) is 1. The van der Waals surface area contributed by atoms with Gasteiger partial charge < -0.3 is 19.3 Å². The van der Waals surface area contributed by atoms with Crippen LogP contribution in [0.5, 0.6) is 17.4 Å². The lowest BCUT2D eigenvalue weighted by atomic mass is 9.96. The Balaban J connectivity index is 1.41. The third-order valence-corrected chi connectivity index (χ3v) is 8.43. The summed E-state index contributed by atoms with van der Waals surface area (Å²) in [6.07, 6.45) is 0.723. The first-order chi connectivity index (χ1) is 21.2. The minimum atomic E-state index is -0.646. The second-order valence-electron chi connectivity index (χ2n) is 11.3. The lowest BCUT2D eigenvalue weighted by Crippen LogP contribution is -2.59. The number of likely N-dealkylation sites (tertiary alicyclic amines) is 1. The zero-order chi connectivity index (χ0) is 31.2. The van der Waals surface area contributed by atoms with Crippen LogP contribution in [0.15, 0.2) is 60.7 Å². The molecule has 0 spiro atoms. The average molecular weight is 613 g/mol. The molecule has 1 fully saturated rings. The van der Waals surface area contributed by atoms with E-state index in [1.807, 2.05) is 67.2 Å². The van der Waals surface area contributed by atoms with Gasteiger partial charge in [-0.2, -0.15) is 5.10 Å². The van der Waals surface area contributed by atoms with Crippen molar-refractivity contribution >= 4 is 28.8 Å². The highest BCUT2D eigenvalue weighted by Crippen LogP contribution is 2.42. The maximum Gasteiger partial charge on any atom is 0.218 e. The molecule has 3 heterocycles. The maximum absolute atomic E-state index is 11.7. The molecule has 6 rings (SSSR count). The van der Waals surface area contributed by atoms with E-state index in [2.05, 4.69) is 4.90 Å². The summed E-state index contributed by atoms with van der Waals surface area (Å²) >= 11 is 7.14. The van der Waals surface area contributed by atoms with Gasteiger partial charge in [-0.05, 0) is 25.1 Å². The van der Waals surface area contributed by atoms with Gasteiger partial charge in [0.2, 0.25) is 5.88 Å². The minimum absolute atomic E-state index is 0.343. The van der Waals surface area contributed by atoms with E-state index >= 15 is 0 Å². The number of aromatic nitrogens is 3. The summed E-state index contributed by atoms with van der Waals surface area (Å²) in [7, 11) is 6.54. The molecule has 0 unspecified atom stereocenters. The molecule has 1 N–H and O–H groups in total. The standard InChI is InChI=1S/C34H33ClN4O5/c1-34(41)18-39(19-34)16-20-12-13-27(36-33(20)44-5)24-10-6-8-22(30(24)35)23-9-7-11-25-31(37-38(2)32(23)25)21-14-28(42-3)26(17-40)29(15-21)43-4/h6-15,17,41H,16,18-19H2,1-5H3. The Labute approximate surface area is 260 Å². The molecule has 9 nitrogen and oxygen atoms in total. The van der Waals surface area contributed by atoms with Gasteiger partial charge in [-0.15, -0.1) is 0 Å². The van der Waals surface area contributed by atoms with Crippen molar-refractivity contribution in [2.75, 3.05) is 34.4 Å². The molecular weight excluding hydrogens is 580 g/mol. The zero-order valence-corrected chi connectivity index (χ0v) is 26.0. The third-order valence-electron chi connectivity index (χ3n) is 8.02. The molecule has 0 radical (unpaired) electrons. The highest BCUT2D eigenvalue weighted by molar-refractivity contribution is 6.36. The summed E-state index contributed by atoms with van der Waals surface area (Å²) in [4.78, 5) is 18.7. The number of carbonyl (C=O) groups excluding carboxylic acids is 1. The fraction of sp³-hybridized carbons (Fsp3) is 0.265. The Bertz CT molecular complexity index is 1870. The van der Waals surface area contributed by atoms with Crippen LogP contribution in [0.25, 0.3) is 44.5 Å². The van der Waals surface area contributed by atoms with Crippen molar-refractivity contribution in [1.82, 2.24) is 19.7 Å². The molecule has 1 aliphatic heterocycles. The molecule has 2 aromatic heterocycles. The molecule has 0 aliphatic carbocycles. The Kier molecular flexibility index (Phi) is 7.79. The van der Waals surface area contributed by atoms with Crippen LogP contribution in [0.3, 0.4) is 0 Å². The number of ether oxygens (including phenoxy) is 3. The van der Waals surface area contributed by atoms with E-state index < -0.39 is 5.60 Å². The average Bonchev–Trinajstić information content (AvgIpc) is 3.36. The lowest BCUT2D eigenvalue weighted by molar-refractivity contribution is -0.0873. The van der Waals surface area contributed by atoms with Crippen LogP contribution in [-0.4, -0.2) is 71.1 Å². The second kappa shape index (κ2) is 11.6. The summed E-state index contributed by atoms with van der Waals surface area (Å²) in [5.41, 5.74) is 6.23. The number of carbonyl (C=O) groups is 1. The van der Waals surface area contributed by atoms with Gasteiger partial charge in [-0.25, -0.2) is 4.98 Å². The van der Waals surface area contributed by atoms with E-state index in [0.717, 1.165) is 50.7 Å². The van der Waals surface area contributed by atoms with Gasteiger partial charge in [0, 0.05) is 59.9 Å². The van der Waals surface area contributed by atoms with Gasteiger partial charge >= 0.3 is 0 Å². The Hall–Kier alpha value is -4.44. The largest absolute Gasteiger partial charge is 0.496 e. The fourth-order valence-electron chi connectivity index (χ4n) is 6.08. The molecule has 0 atom stereocenters. The summed E-state index contributed by atoms with van der Waals surface area (Å²) in [5, 5.41) is 16.4. The number of fused-ring (bicyclic) bond motifs is 1. The Morgan fingerprint density at radius 3 is 2.25 bits per heavy atom. The van der Waals surface area contributed by atoms with Crippen LogP contribution in [0, 0.1) is 0 Å². The van der Waals surface area contributed by atoms with E-state index in [9.17, 15) is 9.90 Å². The van der Waals surface area contributed by atoms with Crippen LogP contribution in [0.4, 0.5) is 0 Å². The molecule has 0 saturated carbocycles. The first kappa shape index (κ1) is 29.6. The number of methoxy groups -OCH3 is 3. The van der Waals surface area contributed by atoms with Crippen LogP contribution in [-0.2, 0) is 13.6 Å². The third kappa shape index (κ3) is 5.17. The van der Waals surface area contributed by atoms with Crippen molar-refractivity contribution in [3.8, 4) is 51.0 Å². The Morgan fingerprint density at radius 2 is 1.61 bits per heavy atom. The predicted molar refractivity (Wildman–Crippen MR) is 171 cm³/mol. The second-order valence-corrected chi connectivity index (χ2v) is 11.6. The summed E-state index contributed by atoms with van der Waals surface area (Å²) in [5.74, 6) is 1.34. The van der Waals surface area contributed by atoms with Gasteiger partial charge in [0.25, 0.3) is 0 Å². The highest BCUT2D eigenvalue weighted by Gasteiger charge is 2.36. The number of hydrogen-bond acceptors (Lipinski definition) is 8. The van der Waals surface area contributed by atoms with E-state index in [-0.39, 0.29) is 0 Å². The van der Waals surface area contributed by atoms with Crippen LogP contribution in [0.2, 0.25) is 5.02 Å². The van der Waals surface area contributed by atoms with Crippen molar-refractivity contribution in [2.45, 2.75) is 19.1 Å². The fourth-order valence-corrected chi connectivity index (χ4v) is 6.41. The number of nitrogens with zero attached hydrogens (tertiary/aromatic N) is 4. The summed E-state index contributed by atoms with van der Waals surface area (Å²) in [6.45, 7) is 3.70. The monoisotopic (exact) mass is 612 g/mol. The molecule has 44 heavy (non-hydrogen) atoms. The van der Waals surface area contributed by atoms with Crippen LogP contribution >= 0.6 is 11.6 Å². The molecule has 5 aromatic rings. The first-order valence-electron chi connectivity index (χ1n) is 14.1. The first-order valence-corrected chi connectivity index (χ1v) is 14.5. The molecule has 10 heteroatoms. The number of aryl methyl sites for hydroxylation is 1. The van der Waals surface area contributed by atoms with Crippen molar-refractivity contribution in [2.24, 2.45) is 7.05 Å². The summed E-state index contributed by atoms with van der Waals surface area (Å²) in [6, 6.07) is 19.4. The number of rotatable bonds is 9. The van der Waals surface area contributed by atoms with Gasteiger partial charge in [0.1, 0.15) is 17.2 Å². The van der Waals surface area contributed by atoms with Crippen LogP contribution in [0.1, 0.15) is 22.8 Å². The SMILES string of the molecule is COc1cc(-c2nn(C)c3c(-c4cccc(-c5ccc(CN6CC(C)(O)C6)c(OC)n5)c4Cl)cccc23)cc(OC)c1C=O. The van der Waals surface area contributed by atoms with Gasteiger partial charge in [-0.1, -0.05) is 54.1 Å². The number of halogens is 1. The van der Waals surface area contributed by atoms with Gasteiger partial charge in [0.15, 0.2) is 6.29 Å². The number of β-amino-alcohol motifs (C(OH)–C–C–N with tert-alkyl or cyclic N) is 1. The van der Waals surface area contributed by atoms with Gasteiger partial charge in [-0.3, -0.25) is 14.4 Å².